The van der Waals surface area contributed by atoms with E-state index >= 15 is 0 Å². The second-order valence-electron chi connectivity index (χ2n) is 4.47. The second kappa shape index (κ2) is 7.19. The van der Waals surface area contributed by atoms with Crippen LogP contribution in [0.3, 0.4) is 0 Å². The fourth-order valence-corrected chi connectivity index (χ4v) is 4.46. The number of hydrogen-bond donors (Lipinski definition) is 1. The zero-order valence-corrected chi connectivity index (χ0v) is 14.2. The summed E-state index contributed by atoms with van der Waals surface area (Å²) < 4.78 is 66.5. The van der Waals surface area contributed by atoms with Crippen LogP contribution in [0.25, 0.3) is 0 Å². The van der Waals surface area contributed by atoms with Crippen LogP contribution in [-0.4, -0.2) is 24.8 Å². The molecule has 1 rings (SSSR count). The van der Waals surface area contributed by atoms with Crippen LogP contribution in [0.2, 0.25) is 0 Å². The van der Waals surface area contributed by atoms with Gasteiger partial charge in [0.05, 0.1) is 9.80 Å². The summed E-state index contributed by atoms with van der Waals surface area (Å²) in [6.07, 6.45) is -4.32. The fraction of sp³-hybridized carbons (Fsp3) is 0.333. The highest BCUT2D eigenvalue weighted by Gasteiger charge is 2.48. The number of rotatable bonds is 6. The molecule has 0 aliphatic heterocycles. The standard InChI is InChI=1S/C12H14ClF2O5PS/c1-8(2)10(11(13)12(14,15)20-21(16)17)22(18,19)9-6-4-3-5-7-9/h3-7,11,21H,1-2H3,(H,16,17). The second-order valence-corrected chi connectivity index (χ2v) is 7.56. The molecule has 0 heterocycles. The molecule has 0 aliphatic rings. The Morgan fingerprint density at radius 1 is 1.32 bits per heavy atom. The zero-order valence-electron chi connectivity index (χ0n) is 11.6. The molecule has 1 aromatic rings. The molecule has 10 heteroatoms. The van der Waals surface area contributed by atoms with E-state index in [1.54, 1.807) is 6.07 Å². The molecule has 2 atom stereocenters. The summed E-state index contributed by atoms with van der Waals surface area (Å²) in [5, 5.41) is -2.44. The van der Waals surface area contributed by atoms with E-state index in [0.29, 0.717) is 0 Å². The number of benzene rings is 1. The van der Waals surface area contributed by atoms with Gasteiger partial charge in [0.25, 0.3) is 0 Å². The number of halogens is 3. The summed E-state index contributed by atoms with van der Waals surface area (Å²) in [6, 6.07) is 6.89. The van der Waals surface area contributed by atoms with Gasteiger partial charge in [0.15, 0.2) is 5.38 Å². The number of sulfone groups is 1. The molecule has 0 saturated heterocycles. The van der Waals surface area contributed by atoms with E-state index in [-0.39, 0.29) is 10.5 Å². The van der Waals surface area contributed by atoms with E-state index in [0.717, 1.165) is 0 Å². The van der Waals surface area contributed by atoms with Gasteiger partial charge >= 0.3 is 14.4 Å². The van der Waals surface area contributed by atoms with Gasteiger partial charge in [-0.2, -0.15) is 8.78 Å². The van der Waals surface area contributed by atoms with Crippen LogP contribution in [0.1, 0.15) is 13.8 Å². The minimum absolute atomic E-state index is 0.0183. The van der Waals surface area contributed by atoms with Gasteiger partial charge in [-0.3, -0.25) is 4.57 Å². The SMILES string of the molecule is CC(C)=C(C(Cl)C(F)(F)O[PH](=O)O)S(=O)(=O)c1ccccc1. The predicted molar refractivity (Wildman–Crippen MR) is 78.9 cm³/mol. The molecule has 1 N–H and O–H groups in total. The summed E-state index contributed by atoms with van der Waals surface area (Å²) in [4.78, 5) is 7.51. The van der Waals surface area contributed by atoms with Crippen molar-refractivity contribution in [3.05, 3.63) is 40.8 Å². The van der Waals surface area contributed by atoms with Gasteiger partial charge in [-0.25, -0.2) is 12.9 Å². The Labute approximate surface area is 132 Å². The number of alkyl halides is 3. The third-order valence-corrected chi connectivity index (χ3v) is 5.75. The molecule has 124 valence electrons. The van der Waals surface area contributed by atoms with Crippen molar-refractivity contribution < 1.29 is 31.2 Å². The Bertz CT molecular complexity index is 687. The summed E-state index contributed by atoms with van der Waals surface area (Å²) in [5.41, 5.74) is 0.0183. The molecule has 22 heavy (non-hydrogen) atoms. The lowest BCUT2D eigenvalue weighted by molar-refractivity contribution is -0.170. The van der Waals surface area contributed by atoms with Crippen molar-refractivity contribution in [3.8, 4) is 0 Å². The first kappa shape index (κ1) is 19.3. The largest absolute Gasteiger partial charge is 0.383 e. The van der Waals surface area contributed by atoms with E-state index in [4.69, 9.17) is 16.5 Å². The molecule has 0 spiro atoms. The molecule has 0 aromatic heterocycles. The van der Waals surface area contributed by atoms with Crippen molar-refractivity contribution in [1.82, 2.24) is 0 Å². The van der Waals surface area contributed by atoms with Gasteiger partial charge < -0.3 is 4.89 Å². The highest BCUT2D eigenvalue weighted by atomic mass is 35.5. The van der Waals surface area contributed by atoms with E-state index in [1.165, 1.54) is 38.1 Å². The molecule has 1 aromatic carbocycles. The molecule has 2 unspecified atom stereocenters. The summed E-state index contributed by atoms with van der Waals surface area (Å²) in [5.74, 6) is 0. The summed E-state index contributed by atoms with van der Waals surface area (Å²) >= 11 is 5.57. The third-order valence-electron chi connectivity index (χ3n) is 2.58. The van der Waals surface area contributed by atoms with Crippen LogP contribution < -0.4 is 0 Å². The van der Waals surface area contributed by atoms with Crippen LogP contribution >= 0.6 is 19.9 Å². The van der Waals surface area contributed by atoms with Crippen molar-refractivity contribution >= 4 is 29.7 Å². The van der Waals surface area contributed by atoms with Gasteiger partial charge in [0.2, 0.25) is 9.84 Å². The van der Waals surface area contributed by atoms with Crippen LogP contribution in [0.5, 0.6) is 0 Å². The van der Waals surface area contributed by atoms with Crippen molar-refractivity contribution in [2.24, 2.45) is 0 Å². The van der Waals surface area contributed by atoms with Crippen molar-refractivity contribution in [3.63, 3.8) is 0 Å². The average Bonchev–Trinajstić information content (AvgIpc) is 2.37. The molecule has 0 aliphatic carbocycles. The minimum atomic E-state index is -4.32. The topological polar surface area (TPSA) is 80.7 Å². The highest BCUT2D eigenvalue weighted by molar-refractivity contribution is 7.95. The maximum atomic E-state index is 13.7. The highest BCUT2D eigenvalue weighted by Crippen LogP contribution is 2.41. The lowest BCUT2D eigenvalue weighted by atomic mass is 10.2. The van der Waals surface area contributed by atoms with Crippen LogP contribution in [-0.2, 0) is 18.9 Å². The Balaban J connectivity index is 3.39. The predicted octanol–water partition coefficient (Wildman–Crippen LogP) is 3.35. The molecule has 0 saturated carbocycles. The van der Waals surface area contributed by atoms with Crippen molar-refractivity contribution in [1.29, 1.82) is 0 Å². The molecule has 0 fully saturated rings. The maximum absolute atomic E-state index is 13.7. The quantitative estimate of drug-likeness (QED) is 0.610. The van der Waals surface area contributed by atoms with Crippen molar-refractivity contribution in [2.45, 2.75) is 30.2 Å². The molecular formula is C12H14ClF2O5PS. The molecular weight excluding hydrogens is 361 g/mol. The normalized spacial score (nSPS) is 15.2. The smallest absolute Gasteiger partial charge is 0.326 e. The van der Waals surface area contributed by atoms with E-state index in [9.17, 15) is 21.8 Å². The first-order valence-corrected chi connectivity index (χ1v) is 9.10. The third kappa shape index (κ3) is 4.36. The van der Waals surface area contributed by atoms with E-state index in [1.807, 2.05) is 0 Å². The van der Waals surface area contributed by atoms with Crippen LogP contribution in [0.15, 0.2) is 45.7 Å². The Morgan fingerprint density at radius 2 is 1.82 bits per heavy atom. The monoisotopic (exact) mass is 374 g/mol. The molecule has 5 nitrogen and oxygen atoms in total. The summed E-state index contributed by atoms with van der Waals surface area (Å²) in [7, 11) is -8.31. The number of allylic oxidation sites excluding steroid dienone is 1. The fourth-order valence-electron chi connectivity index (χ4n) is 1.71. The van der Waals surface area contributed by atoms with Gasteiger partial charge in [0.1, 0.15) is 0 Å². The Morgan fingerprint density at radius 3 is 2.23 bits per heavy atom. The van der Waals surface area contributed by atoms with E-state index < -0.39 is 34.5 Å². The lowest BCUT2D eigenvalue weighted by Gasteiger charge is -2.23. The molecule has 0 amide bonds. The first-order chi connectivity index (χ1) is 10.00. The Hall–Kier alpha value is -0.790. The lowest BCUT2D eigenvalue weighted by Crippen LogP contribution is -2.35. The molecule has 0 bridgehead atoms. The minimum Gasteiger partial charge on any atom is -0.326 e. The number of hydrogen-bond acceptors (Lipinski definition) is 4. The molecule has 0 radical (unpaired) electrons. The van der Waals surface area contributed by atoms with E-state index in [2.05, 4.69) is 4.52 Å². The summed E-state index contributed by atoms with van der Waals surface area (Å²) in [6.45, 7) is 2.59. The van der Waals surface area contributed by atoms with Gasteiger partial charge in [0, 0.05) is 0 Å². The van der Waals surface area contributed by atoms with Crippen LogP contribution in [0, 0.1) is 0 Å². The van der Waals surface area contributed by atoms with Gasteiger partial charge in [-0.1, -0.05) is 23.8 Å². The van der Waals surface area contributed by atoms with Crippen LogP contribution in [0.4, 0.5) is 8.78 Å². The average molecular weight is 375 g/mol. The zero-order chi connectivity index (χ0) is 17.1. The maximum Gasteiger partial charge on any atom is 0.383 e. The van der Waals surface area contributed by atoms with Gasteiger partial charge in [-0.15, -0.1) is 11.6 Å². The first-order valence-electron chi connectivity index (χ1n) is 5.91. The van der Waals surface area contributed by atoms with Gasteiger partial charge in [-0.05, 0) is 26.0 Å². The Kier molecular flexibility index (Phi) is 6.29. The van der Waals surface area contributed by atoms with Crippen molar-refractivity contribution in [2.75, 3.05) is 0 Å².